The number of aryl methyl sites for hydroxylation is 1. The number of nitrogens with one attached hydrogen (secondary N) is 1. The molecule has 0 radical (unpaired) electrons. The molecule has 0 aliphatic heterocycles. The smallest absolute Gasteiger partial charge is 0.275 e. The van der Waals surface area contributed by atoms with Crippen molar-refractivity contribution in [2.24, 2.45) is 0 Å². The number of anilines is 1. The van der Waals surface area contributed by atoms with E-state index in [-0.39, 0.29) is 22.5 Å². The van der Waals surface area contributed by atoms with Gasteiger partial charge in [0.25, 0.3) is 5.91 Å². The van der Waals surface area contributed by atoms with E-state index in [1.807, 2.05) is 26.8 Å². The van der Waals surface area contributed by atoms with Crippen molar-refractivity contribution in [1.82, 2.24) is 9.97 Å². The molecule has 4 nitrogen and oxygen atoms in total. The van der Waals surface area contributed by atoms with Crippen molar-refractivity contribution < 1.29 is 4.79 Å². The highest BCUT2D eigenvalue weighted by Crippen LogP contribution is 2.22. The Morgan fingerprint density at radius 2 is 1.95 bits per heavy atom. The first-order chi connectivity index (χ1) is 9.88. The zero-order valence-electron chi connectivity index (χ0n) is 11.9. The number of halogens is 2. The largest absolute Gasteiger partial charge is 0.321 e. The Morgan fingerprint density at radius 3 is 2.57 bits per heavy atom. The van der Waals surface area contributed by atoms with E-state index in [1.54, 1.807) is 12.1 Å². The van der Waals surface area contributed by atoms with Gasteiger partial charge in [0, 0.05) is 16.6 Å². The van der Waals surface area contributed by atoms with Gasteiger partial charge in [-0.05, 0) is 24.6 Å². The van der Waals surface area contributed by atoms with Crippen molar-refractivity contribution in [3.63, 3.8) is 0 Å². The number of carbonyl (C=O) groups is 1. The van der Waals surface area contributed by atoms with Crippen LogP contribution in [0.25, 0.3) is 0 Å². The van der Waals surface area contributed by atoms with Crippen LogP contribution in [-0.2, 0) is 0 Å². The zero-order chi connectivity index (χ0) is 15.6. The third-order valence-electron chi connectivity index (χ3n) is 2.92. The molecule has 0 atom stereocenters. The van der Waals surface area contributed by atoms with E-state index in [0.717, 1.165) is 5.56 Å². The molecule has 110 valence electrons. The molecule has 1 amide bonds. The summed E-state index contributed by atoms with van der Waals surface area (Å²) < 4.78 is 0. The molecule has 0 unspecified atom stereocenters. The molecule has 2 aromatic rings. The summed E-state index contributed by atoms with van der Waals surface area (Å²) in [6.45, 7) is 5.79. The number of hydrogen-bond donors (Lipinski definition) is 1. The molecular weight excluding hydrogens is 309 g/mol. The summed E-state index contributed by atoms with van der Waals surface area (Å²) in [4.78, 5) is 20.6. The fourth-order valence-electron chi connectivity index (χ4n) is 1.68. The second-order valence-electron chi connectivity index (χ2n) is 5.00. The Bertz CT molecular complexity index is 687. The summed E-state index contributed by atoms with van der Waals surface area (Å²) in [6.07, 6.45) is 1.45. The van der Waals surface area contributed by atoms with Crippen LogP contribution in [0.2, 0.25) is 10.0 Å². The van der Waals surface area contributed by atoms with Gasteiger partial charge in [-0.2, -0.15) is 0 Å². The van der Waals surface area contributed by atoms with Crippen LogP contribution < -0.4 is 5.32 Å². The third-order valence-corrected chi connectivity index (χ3v) is 3.61. The lowest BCUT2D eigenvalue weighted by molar-refractivity contribution is 0.102. The van der Waals surface area contributed by atoms with E-state index < -0.39 is 0 Å². The molecule has 0 saturated carbocycles. The number of aromatic nitrogens is 2. The van der Waals surface area contributed by atoms with Crippen molar-refractivity contribution in [2.75, 3.05) is 5.32 Å². The molecule has 21 heavy (non-hydrogen) atoms. The molecule has 0 aliphatic rings. The van der Waals surface area contributed by atoms with Gasteiger partial charge in [0.05, 0.1) is 11.2 Å². The van der Waals surface area contributed by atoms with Gasteiger partial charge in [0.2, 0.25) is 0 Å². The van der Waals surface area contributed by atoms with Crippen LogP contribution in [-0.4, -0.2) is 15.9 Å². The van der Waals surface area contributed by atoms with Gasteiger partial charge in [-0.25, -0.2) is 9.97 Å². The number of benzene rings is 1. The monoisotopic (exact) mass is 323 g/mol. The quantitative estimate of drug-likeness (QED) is 0.906. The van der Waals surface area contributed by atoms with Crippen LogP contribution in [0, 0.1) is 6.92 Å². The Morgan fingerprint density at radius 1 is 1.24 bits per heavy atom. The first-order valence-electron chi connectivity index (χ1n) is 6.48. The minimum atomic E-state index is -0.385. The van der Waals surface area contributed by atoms with E-state index in [0.29, 0.717) is 16.5 Å². The van der Waals surface area contributed by atoms with Crippen molar-refractivity contribution in [3.8, 4) is 0 Å². The lowest BCUT2D eigenvalue weighted by atomic mass is 10.2. The topological polar surface area (TPSA) is 54.9 Å². The van der Waals surface area contributed by atoms with Crippen LogP contribution >= 0.6 is 23.2 Å². The van der Waals surface area contributed by atoms with Crippen LogP contribution in [0.3, 0.4) is 0 Å². The number of nitrogens with zero attached hydrogens (tertiary/aromatic N) is 2. The van der Waals surface area contributed by atoms with Gasteiger partial charge in [-0.3, -0.25) is 4.79 Å². The maximum Gasteiger partial charge on any atom is 0.275 e. The number of hydrogen-bond acceptors (Lipinski definition) is 3. The van der Waals surface area contributed by atoms with E-state index in [1.165, 1.54) is 6.20 Å². The maximum absolute atomic E-state index is 12.3. The van der Waals surface area contributed by atoms with Gasteiger partial charge >= 0.3 is 0 Å². The first kappa shape index (κ1) is 15.7. The minimum Gasteiger partial charge on any atom is -0.321 e. The normalized spacial score (nSPS) is 10.8. The van der Waals surface area contributed by atoms with E-state index >= 15 is 0 Å². The lowest BCUT2D eigenvalue weighted by Crippen LogP contribution is -2.16. The van der Waals surface area contributed by atoms with E-state index in [2.05, 4.69) is 15.3 Å². The molecule has 0 bridgehead atoms. The maximum atomic E-state index is 12.3. The molecule has 1 N–H and O–H groups in total. The standard InChI is InChI=1S/C15H15Cl2N3O/c1-8(2)14-18-7-12(17)13(20-14)15(21)19-10-5-4-9(3)11(16)6-10/h4-8H,1-3H3,(H,19,21). The molecule has 0 spiro atoms. The van der Waals surface area contributed by atoms with Crippen molar-refractivity contribution in [3.05, 3.63) is 51.5 Å². The lowest BCUT2D eigenvalue weighted by Gasteiger charge is -2.09. The Labute approximate surface area is 133 Å². The van der Waals surface area contributed by atoms with E-state index in [9.17, 15) is 4.79 Å². The molecule has 0 fully saturated rings. The predicted octanol–water partition coefficient (Wildman–Crippen LogP) is 4.47. The average molecular weight is 324 g/mol. The van der Waals surface area contributed by atoms with Crippen molar-refractivity contribution >= 4 is 34.8 Å². The Hall–Kier alpha value is -1.65. The summed E-state index contributed by atoms with van der Waals surface area (Å²) in [7, 11) is 0. The second-order valence-corrected chi connectivity index (χ2v) is 5.81. The molecule has 0 saturated heterocycles. The molecule has 1 aromatic heterocycles. The number of carbonyl (C=O) groups excluding carboxylic acids is 1. The minimum absolute atomic E-state index is 0.114. The highest BCUT2D eigenvalue weighted by Gasteiger charge is 2.16. The third kappa shape index (κ3) is 3.71. The van der Waals surface area contributed by atoms with Gasteiger partial charge in [0.15, 0.2) is 5.69 Å². The predicted molar refractivity (Wildman–Crippen MR) is 85.3 cm³/mol. The zero-order valence-corrected chi connectivity index (χ0v) is 13.5. The molecule has 0 aliphatic carbocycles. The second kappa shape index (κ2) is 6.41. The molecule has 1 aromatic carbocycles. The fourth-order valence-corrected chi connectivity index (χ4v) is 2.04. The highest BCUT2D eigenvalue weighted by atomic mass is 35.5. The summed E-state index contributed by atoms with van der Waals surface area (Å²) in [5.74, 6) is 0.304. The summed E-state index contributed by atoms with van der Waals surface area (Å²) in [5.41, 5.74) is 1.69. The fraction of sp³-hybridized carbons (Fsp3) is 0.267. The SMILES string of the molecule is Cc1ccc(NC(=O)c2nc(C(C)C)ncc2Cl)cc1Cl. The van der Waals surface area contributed by atoms with Crippen LogP contribution in [0.1, 0.15) is 41.6 Å². The first-order valence-corrected chi connectivity index (χ1v) is 7.24. The van der Waals surface area contributed by atoms with Gasteiger partial charge in [-0.15, -0.1) is 0 Å². The highest BCUT2D eigenvalue weighted by molar-refractivity contribution is 6.34. The van der Waals surface area contributed by atoms with E-state index in [4.69, 9.17) is 23.2 Å². The van der Waals surface area contributed by atoms with Crippen LogP contribution in [0.15, 0.2) is 24.4 Å². The molecule has 2 rings (SSSR count). The summed E-state index contributed by atoms with van der Waals surface area (Å²) >= 11 is 12.0. The number of rotatable bonds is 3. The van der Waals surface area contributed by atoms with Crippen LogP contribution in [0.4, 0.5) is 5.69 Å². The average Bonchev–Trinajstić information content (AvgIpc) is 2.43. The number of amides is 1. The molecule has 6 heteroatoms. The van der Waals surface area contributed by atoms with Crippen LogP contribution in [0.5, 0.6) is 0 Å². The Balaban J connectivity index is 2.27. The molecule has 1 heterocycles. The van der Waals surface area contributed by atoms with Crippen molar-refractivity contribution in [2.45, 2.75) is 26.7 Å². The van der Waals surface area contributed by atoms with Gasteiger partial charge < -0.3 is 5.32 Å². The van der Waals surface area contributed by atoms with Gasteiger partial charge in [-0.1, -0.05) is 43.1 Å². The summed E-state index contributed by atoms with van der Waals surface area (Å²) in [5, 5.41) is 3.54. The molecular formula is C15H15Cl2N3O. The summed E-state index contributed by atoms with van der Waals surface area (Å²) in [6, 6.07) is 5.30. The Kier molecular flexibility index (Phi) is 4.80. The van der Waals surface area contributed by atoms with Crippen molar-refractivity contribution in [1.29, 1.82) is 0 Å². The van der Waals surface area contributed by atoms with Gasteiger partial charge in [0.1, 0.15) is 5.82 Å².